The van der Waals surface area contributed by atoms with Crippen LogP contribution in [0.3, 0.4) is 0 Å². The molecule has 5 heteroatoms. The van der Waals surface area contributed by atoms with Crippen molar-refractivity contribution in [3.05, 3.63) is 0 Å². The van der Waals surface area contributed by atoms with Crippen LogP contribution in [0.2, 0.25) is 0 Å². The Bertz CT molecular complexity index is 271. The minimum atomic E-state index is -0.0474. The molecule has 0 spiro atoms. The highest BCUT2D eigenvalue weighted by atomic mass is 32.1. The second kappa shape index (κ2) is 5.59. The smallest absolute Gasteiger partial charge is 0.228 e. The first-order chi connectivity index (χ1) is 7.40. The molecule has 1 saturated heterocycles. The Labute approximate surface area is 102 Å². The van der Waals surface area contributed by atoms with Gasteiger partial charge < -0.3 is 15.0 Å². The van der Waals surface area contributed by atoms with Crippen LogP contribution in [0.25, 0.3) is 0 Å². The highest BCUT2D eigenvalue weighted by Crippen LogP contribution is 2.10. The van der Waals surface area contributed by atoms with Gasteiger partial charge in [0, 0.05) is 19.0 Å². The van der Waals surface area contributed by atoms with Gasteiger partial charge in [-0.1, -0.05) is 13.8 Å². The largest absolute Gasteiger partial charge is 0.372 e. The lowest BCUT2D eigenvalue weighted by Crippen LogP contribution is -2.53. The van der Waals surface area contributed by atoms with Gasteiger partial charge in [0.2, 0.25) is 5.91 Å². The number of amides is 1. The first-order valence-electron chi connectivity index (χ1n) is 5.65. The van der Waals surface area contributed by atoms with E-state index in [2.05, 4.69) is 5.32 Å². The Hall–Kier alpha value is -0.680. The zero-order valence-corrected chi connectivity index (χ0v) is 11.1. The number of thiocarbonyl (C=S) groups is 1. The van der Waals surface area contributed by atoms with Gasteiger partial charge in [0.15, 0.2) is 5.11 Å². The van der Waals surface area contributed by atoms with Gasteiger partial charge in [0.1, 0.15) is 0 Å². The first kappa shape index (κ1) is 13.4. The van der Waals surface area contributed by atoms with Crippen molar-refractivity contribution in [3.8, 4) is 0 Å². The summed E-state index contributed by atoms with van der Waals surface area (Å²) in [7, 11) is 0. The predicted molar refractivity (Wildman–Crippen MR) is 67.2 cm³/mol. The van der Waals surface area contributed by atoms with Crippen molar-refractivity contribution in [1.29, 1.82) is 0 Å². The highest BCUT2D eigenvalue weighted by Gasteiger charge is 2.24. The maximum Gasteiger partial charge on any atom is 0.228 e. The molecule has 0 aliphatic carbocycles. The van der Waals surface area contributed by atoms with Crippen LogP contribution < -0.4 is 5.32 Å². The summed E-state index contributed by atoms with van der Waals surface area (Å²) in [6.45, 7) is 9.19. The van der Waals surface area contributed by atoms with Gasteiger partial charge in [-0.2, -0.15) is 0 Å². The molecule has 92 valence electrons. The monoisotopic (exact) mass is 244 g/mol. The fourth-order valence-corrected chi connectivity index (χ4v) is 1.92. The molecule has 16 heavy (non-hydrogen) atoms. The standard InChI is InChI=1S/C11H20N2O2S/c1-7(2)10(14)12-11(16)13-5-8(3)15-9(4)6-13/h7-9H,5-6H2,1-4H3,(H,12,14,16). The summed E-state index contributed by atoms with van der Waals surface area (Å²) in [5.74, 6) is -0.0781. The molecule has 1 aliphatic rings. The van der Waals surface area contributed by atoms with Gasteiger partial charge in [-0.3, -0.25) is 4.79 Å². The van der Waals surface area contributed by atoms with Crippen LogP contribution in [0, 0.1) is 5.92 Å². The molecule has 1 rings (SSSR count). The third-order valence-electron chi connectivity index (χ3n) is 2.46. The molecule has 1 aliphatic heterocycles. The molecule has 2 unspecified atom stereocenters. The number of carbonyl (C=O) groups excluding carboxylic acids is 1. The minimum absolute atomic E-state index is 0.0307. The van der Waals surface area contributed by atoms with E-state index in [1.54, 1.807) is 0 Å². The van der Waals surface area contributed by atoms with E-state index in [9.17, 15) is 4.79 Å². The van der Waals surface area contributed by atoms with E-state index in [4.69, 9.17) is 17.0 Å². The highest BCUT2D eigenvalue weighted by molar-refractivity contribution is 7.80. The molecule has 1 amide bonds. The summed E-state index contributed by atoms with van der Waals surface area (Å²) in [6, 6.07) is 0. The third-order valence-corrected chi connectivity index (χ3v) is 2.82. The van der Waals surface area contributed by atoms with Crippen LogP contribution in [0.4, 0.5) is 0 Å². The lowest BCUT2D eigenvalue weighted by Gasteiger charge is -2.36. The molecule has 0 radical (unpaired) electrons. The van der Waals surface area contributed by atoms with Gasteiger partial charge in [0.25, 0.3) is 0 Å². The van der Waals surface area contributed by atoms with E-state index >= 15 is 0 Å². The Balaban J connectivity index is 2.50. The minimum Gasteiger partial charge on any atom is -0.372 e. The van der Waals surface area contributed by atoms with Gasteiger partial charge in [0.05, 0.1) is 12.2 Å². The van der Waals surface area contributed by atoms with Crippen LogP contribution in [-0.4, -0.2) is 41.2 Å². The molecule has 0 saturated carbocycles. The summed E-state index contributed by atoms with van der Waals surface area (Å²) in [4.78, 5) is 13.5. The summed E-state index contributed by atoms with van der Waals surface area (Å²) in [6.07, 6.45) is 0.301. The molecule has 1 heterocycles. The van der Waals surface area contributed by atoms with Crippen molar-refractivity contribution in [1.82, 2.24) is 10.2 Å². The summed E-state index contributed by atoms with van der Waals surface area (Å²) >= 11 is 5.21. The Morgan fingerprint density at radius 2 is 1.88 bits per heavy atom. The maximum absolute atomic E-state index is 11.5. The van der Waals surface area contributed by atoms with Crippen molar-refractivity contribution < 1.29 is 9.53 Å². The molecule has 4 nitrogen and oxygen atoms in total. The number of nitrogens with one attached hydrogen (secondary N) is 1. The van der Waals surface area contributed by atoms with Crippen molar-refractivity contribution in [2.45, 2.75) is 39.9 Å². The molecule has 0 aromatic rings. The van der Waals surface area contributed by atoms with Crippen LogP contribution in [0.1, 0.15) is 27.7 Å². The van der Waals surface area contributed by atoms with E-state index in [0.29, 0.717) is 5.11 Å². The number of morpholine rings is 1. The average Bonchev–Trinajstić information content (AvgIpc) is 2.15. The molecule has 1 N–H and O–H groups in total. The van der Waals surface area contributed by atoms with E-state index in [1.165, 1.54) is 0 Å². The van der Waals surface area contributed by atoms with E-state index in [-0.39, 0.29) is 24.0 Å². The first-order valence-corrected chi connectivity index (χ1v) is 6.06. The van der Waals surface area contributed by atoms with E-state index in [0.717, 1.165) is 13.1 Å². The second-order valence-electron chi connectivity index (χ2n) is 4.61. The summed E-state index contributed by atoms with van der Waals surface area (Å²) < 4.78 is 5.60. The van der Waals surface area contributed by atoms with Crippen molar-refractivity contribution in [2.75, 3.05) is 13.1 Å². The Morgan fingerprint density at radius 1 is 1.38 bits per heavy atom. The quantitative estimate of drug-likeness (QED) is 0.703. The zero-order valence-electron chi connectivity index (χ0n) is 10.3. The Morgan fingerprint density at radius 3 is 2.31 bits per heavy atom. The molecule has 2 atom stereocenters. The summed E-state index contributed by atoms with van der Waals surface area (Å²) in [5.41, 5.74) is 0. The molecular formula is C11H20N2O2S. The number of ether oxygens (including phenoxy) is 1. The van der Waals surface area contributed by atoms with Gasteiger partial charge in [-0.25, -0.2) is 0 Å². The Kier molecular flexibility index (Phi) is 4.68. The topological polar surface area (TPSA) is 41.6 Å². The van der Waals surface area contributed by atoms with Gasteiger partial charge in [-0.15, -0.1) is 0 Å². The molecule has 0 bridgehead atoms. The zero-order chi connectivity index (χ0) is 12.3. The number of hydrogen-bond donors (Lipinski definition) is 1. The lowest BCUT2D eigenvalue weighted by molar-refractivity contribution is -0.122. The third kappa shape index (κ3) is 3.72. The fraction of sp³-hybridized carbons (Fsp3) is 0.818. The molecular weight excluding hydrogens is 224 g/mol. The summed E-state index contributed by atoms with van der Waals surface area (Å²) in [5, 5.41) is 3.27. The van der Waals surface area contributed by atoms with Gasteiger partial charge in [-0.05, 0) is 26.1 Å². The van der Waals surface area contributed by atoms with Crippen LogP contribution >= 0.6 is 12.2 Å². The van der Waals surface area contributed by atoms with Gasteiger partial charge >= 0.3 is 0 Å². The van der Waals surface area contributed by atoms with E-state index < -0.39 is 0 Å². The van der Waals surface area contributed by atoms with Crippen molar-refractivity contribution in [2.24, 2.45) is 5.92 Å². The van der Waals surface area contributed by atoms with Crippen LogP contribution in [-0.2, 0) is 9.53 Å². The SMILES string of the molecule is CC1CN(C(=S)NC(=O)C(C)C)CC(C)O1. The maximum atomic E-state index is 11.5. The average molecular weight is 244 g/mol. The number of nitrogens with zero attached hydrogens (tertiary/aromatic N) is 1. The normalized spacial score (nSPS) is 25.7. The van der Waals surface area contributed by atoms with Crippen molar-refractivity contribution in [3.63, 3.8) is 0 Å². The number of rotatable bonds is 1. The molecule has 0 aromatic heterocycles. The molecule has 0 aromatic carbocycles. The van der Waals surface area contributed by atoms with Crippen LogP contribution in [0.15, 0.2) is 0 Å². The number of hydrogen-bond acceptors (Lipinski definition) is 3. The van der Waals surface area contributed by atoms with Crippen molar-refractivity contribution >= 4 is 23.2 Å². The lowest BCUT2D eigenvalue weighted by atomic mass is 10.2. The van der Waals surface area contributed by atoms with Crippen LogP contribution in [0.5, 0.6) is 0 Å². The van der Waals surface area contributed by atoms with E-state index in [1.807, 2.05) is 32.6 Å². The number of carbonyl (C=O) groups is 1. The second-order valence-corrected chi connectivity index (χ2v) is 5.00. The predicted octanol–water partition coefficient (Wildman–Crippen LogP) is 1.15. The fourth-order valence-electron chi connectivity index (χ4n) is 1.67. The molecule has 1 fully saturated rings.